The lowest BCUT2D eigenvalue weighted by atomic mass is 10.4. The van der Waals surface area contributed by atoms with E-state index >= 15 is 0 Å². The second-order valence-corrected chi connectivity index (χ2v) is 5.04. The van der Waals surface area contributed by atoms with Crippen molar-refractivity contribution in [3.8, 4) is 0 Å². The third-order valence-electron chi connectivity index (χ3n) is 2.04. The predicted molar refractivity (Wildman–Crippen MR) is 70.9 cm³/mol. The number of carbonyl (C=O) groups excluding carboxylic acids is 1. The Kier molecular flexibility index (Phi) is 7.61. The number of carbonyl (C=O) groups is 1. The van der Waals surface area contributed by atoms with Crippen molar-refractivity contribution in [3.05, 3.63) is 11.8 Å². The zero-order chi connectivity index (χ0) is 13.6. The molecule has 0 atom stereocenters. The number of aromatic amines is 1. The van der Waals surface area contributed by atoms with E-state index < -0.39 is 16.0 Å². The normalized spacial score (nSPS) is 10.8. The first-order valence-electron chi connectivity index (χ1n) is 5.37. The Morgan fingerprint density at radius 3 is 2.74 bits per heavy atom. The standard InChI is InChI=1S/C9H16N4O4S.ClH/c1-3-17-9(14)7-6-11-13-8(7)18(15,16)12-5-4-10-2;/h6,10,12H,3-5H2,1-2H3,(H,11,13);1H. The van der Waals surface area contributed by atoms with Gasteiger partial charge in [-0.25, -0.2) is 17.9 Å². The molecule has 110 valence electrons. The van der Waals surface area contributed by atoms with E-state index in [1.807, 2.05) is 0 Å². The Morgan fingerprint density at radius 1 is 1.47 bits per heavy atom. The van der Waals surface area contributed by atoms with Crippen LogP contribution in [0, 0.1) is 0 Å². The number of H-pyrrole nitrogens is 1. The molecule has 19 heavy (non-hydrogen) atoms. The molecule has 1 aromatic heterocycles. The highest BCUT2D eigenvalue weighted by atomic mass is 35.5. The lowest BCUT2D eigenvalue weighted by molar-refractivity contribution is 0.0522. The second-order valence-electron chi connectivity index (χ2n) is 3.33. The Morgan fingerprint density at radius 2 is 2.16 bits per heavy atom. The molecule has 0 aliphatic carbocycles. The first kappa shape index (κ1) is 17.8. The van der Waals surface area contributed by atoms with Gasteiger partial charge in [0.05, 0.1) is 12.8 Å². The van der Waals surface area contributed by atoms with Gasteiger partial charge in [0, 0.05) is 13.1 Å². The topological polar surface area (TPSA) is 113 Å². The van der Waals surface area contributed by atoms with Gasteiger partial charge < -0.3 is 10.1 Å². The summed E-state index contributed by atoms with van der Waals surface area (Å²) in [6, 6.07) is 0. The first-order valence-corrected chi connectivity index (χ1v) is 6.86. The van der Waals surface area contributed by atoms with Crippen molar-refractivity contribution >= 4 is 28.4 Å². The minimum Gasteiger partial charge on any atom is -0.462 e. The summed E-state index contributed by atoms with van der Waals surface area (Å²) in [7, 11) is -2.09. The summed E-state index contributed by atoms with van der Waals surface area (Å²) in [6.07, 6.45) is 1.13. The third-order valence-corrected chi connectivity index (χ3v) is 3.47. The van der Waals surface area contributed by atoms with Gasteiger partial charge in [-0.1, -0.05) is 0 Å². The van der Waals surface area contributed by atoms with Gasteiger partial charge in [-0.3, -0.25) is 5.10 Å². The van der Waals surface area contributed by atoms with Crippen LogP contribution in [0.15, 0.2) is 11.2 Å². The van der Waals surface area contributed by atoms with Crippen molar-refractivity contribution in [2.24, 2.45) is 0 Å². The number of hydrogen-bond donors (Lipinski definition) is 3. The molecule has 0 aromatic carbocycles. The lowest BCUT2D eigenvalue weighted by Crippen LogP contribution is -2.31. The average Bonchev–Trinajstić information content (AvgIpc) is 2.79. The summed E-state index contributed by atoms with van der Waals surface area (Å²) >= 11 is 0. The minimum atomic E-state index is -3.79. The van der Waals surface area contributed by atoms with Gasteiger partial charge in [-0.15, -0.1) is 12.4 Å². The molecule has 0 spiro atoms. The van der Waals surface area contributed by atoms with Crippen LogP contribution in [0.5, 0.6) is 0 Å². The molecule has 0 fully saturated rings. The van der Waals surface area contributed by atoms with Gasteiger partial charge in [0.15, 0.2) is 5.03 Å². The van der Waals surface area contributed by atoms with E-state index in [9.17, 15) is 13.2 Å². The van der Waals surface area contributed by atoms with Gasteiger partial charge in [0.1, 0.15) is 5.56 Å². The van der Waals surface area contributed by atoms with Crippen LogP contribution in [0.3, 0.4) is 0 Å². The summed E-state index contributed by atoms with van der Waals surface area (Å²) in [5, 5.41) is 8.37. The molecule has 1 rings (SSSR count). The van der Waals surface area contributed by atoms with E-state index in [-0.39, 0.29) is 36.1 Å². The molecule has 0 aliphatic rings. The molecule has 1 heterocycles. The molecule has 0 saturated heterocycles. The number of likely N-dealkylation sites (N-methyl/N-ethyl adjacent to an activating group) is 1. The maximum Gasteiger partial charge on any atom is 0.342 e. The van der Waals surface area contributed by atoms with Crippen molar-refractivity contribution in [1.82, 2.24) is 20.2 Å². The molecule has 3 N–H and O–H groups in total. The first-order chi connectivity index (χ1) is 8.53. The minimum absolute atomic E-state index is 0. The van der Waals surface area contributed by atoms with E-state index in [1.54, 1.807) is 14.0 Å². The number of nitrogens with zero attached hydrogens (tertiary/aromatic N) is 1. The molecular formula is C9H17ClN4O4S. The van der Waals surface area contributed by atoms with Crippen molar-refractivity contribution < 1.29 is 17.9 Å². The molecule has 1 aromatic rings. The summed E-state index contributed by atoms with van der Waals surface area (Å²) in [5.41, 5.74) is -0.103. The highest BCUT2D eigenvalue weighted by Crippen LogP contribution is 2.12. The van der Waals surface area contributed by atoms with Crippen LogP contribution in [-0.2, 0) is 14.8 Å². The van der Waals surface area contributed by atoms with Crippen molar-refractivity contribution in [1.29, 1.82) is 0 Å². The number of ether oxygens (including phenoxy) is 1. The molecule has 0 unspecified atom stereocenters. The van der Waals surface area contributed by atoms with Gasteiger partial charge >= 0.3 is 5.97 Å². The molecule has 0 saturated carbocycles. The number of nitrogens with one attached hydrogen (secondary N) is 3. The van der Waals surface area contributed by atoms with Crippen LogP contribution < -0.4 is 10.0 Å². The van der Waals surface area contributed by atoms with Gasteiger partial charge in [-0.05, 0) is 14.0 Å². The average molecular weight is 313 g/mol. The monoisotopic (exact) mass is 312 g/mol. The lowest BCUT2D eigenvalue weighted by Gasteiger charge is -2.06. The zero-order valence-electron chi connectivity index (χ0n) is 10.6. The van der Waals surface area contributed by atoms with E-state index in [1.165, 1.54) is 0 Å². The molecule has 0 bridgehead atoms. The van der Waals surface area contributed by atoms with Crippen LogP contribution in [0.2, 0.25) is 0 Å². The largest absolute Gasteiger partial charge is 0.462 e. The van der Waals surface area contributed by atoms with E-state index in [4.69, 9.17) is 4.74 Å². The van der Waals surface area contributed by atoms with Crippen LogP contribution in [0.25, 0.3) is 0 Å². The molecule has 0 aliphatic heterocycles. The van der Waals surface area contributed by atoms with Gasteiger partial charge in [-0.2, -0.15) is 5.10 Å². The van der Waals surface area contributed by atoms with Crippen molar-refractivity contribution in [2.45, 2.75) is 11.9 Å². The Balaban J connectivity index is 0.00000324. The van der Waals surface area contributed by atoms with E-state index in [0.717, 1.165) is 6.20 Å². The maximum absolute atomic E-state index is 11.9. The number of esters is 1. The molecule has 8 nitrogen and oxygen atoms in total. The smallest absolute Gasteiger partial charge is 0.342 e. The molecular weight excluding hydrogens is 296 g/mol. The summed E-state index contributed by atoms with van der Waals surface area (Å²) in [5.74, 6) is -0.722. The molecule has 0 amide bonds. The van der Waals surface area contributed by atoms with E-state index in [2.05, 4.69) is 20.2 Å². The second kappa shape index (κ2) is 8.10. The zero-order valence-corrected chi connectivity index (χ0v) is 12.2. The fourth-order valence-electron chi connectivity index (χ4n) is 1.22. The van der Waals surface area contributed by atoms with E-state index in [0.29, 0.717) is 6.54 Å². The number of sulfonamides is 1. The van der Waals surface area contributed by atoms with Crippen LogP contribution >= 0.6 is 12.4 Å². The molecule has 0 radical (unpaired) electrons. The Hall–Kier alpha value is -1.16. The summed E-state index contributed by atoms with van der Waals surface area (Å²) < 4.78 is 30.8. The predicted octanol–water partition coefficient (Wildman–Crippen LogP) is -0.494. The maximum atomic E-state index is 11.9. The van der Waals surface area contributed by atoms with Crippen molar-refractivity contribution in [2.75, 3.05) is 26.7 Å². The Bertz CT molecular complexity index is 502. The summed E-state index contributed by atoms with van der Waals surface area (Å²) in [4.78, 5) is 11.5. The van der Waals surface area contributed by atoms with Crippen LogP contribution in [-0.4, -0.2) is 51.3 Å². The number of rotatable bonds is 7. The van der Waals surface area contributed by atoms with Crippen molar-refractivity contribution in [3.63, 3.8) is 0 Å². The van der Waals surface area contributed by atoms with Gasteiger partial charge in [0.2, 0.25) is 0 Å². The fraction of sp³-hybridized carbons (Fsp3) is 0.556. The third kappa shape index (κ3) is 4.78. The van der Waals surface area contributed by atoms with Crippen LogP contribution in [0.1, 0.15) is 17.3 Å². The highest BCUT2D eigenvalue weighted by molar-refractivity contribution is 7.89. The summed E-state index contributed by atoms with van der Waals surface area (Å²) in [6.45, 7) is 2.48. The van der Waals surface area contributed by atoms with Crippen LogP contribution in [0.4, 0.5) is 0 Å². The molecule has 10 heteroatoms. The Labute approximate surface area is 117 Å². The number of hydrogen-bond acceptors (Lipinski definition) is 6. The number of aromatic nitrogens is 2. The quantitative estimate of drug-likeness (QED) is 0.462. The highest BCUT2D eigenvalue weighted by Gasteiger charge is 2.25. The number of halogens is 1. The fourth-order valence-corrected chi connectivity index (χ4v) is 2.33. The SMILES string of the molecule is CCOC(=O)c1cn[nH]c1S(=O)(=O)NCCNC.Cl. The van der Waals surface area contributed by atoms with Gasteiger partial charge in [0.25, 0.3) is 10.0 Å².